The van der Waals surface area contributed by atoms with Crippen molar-refractivity contribution < 1.29 is 8.42 Å². The molecule has 3 N–H and O–H groups in total. The standard InChI is InChI=1S/C13H19N3O2S/c1-10-4-2-5-11(13(14)15)12(10)16-6-3-8-19(17,18)9-7-16/h2,4-5H,3,6-9H2,1H3,(H3,14,15). The molecule has 0 saturated carbocycles. The summed E-state index contributed by atoms with van der Waals surface area (Å²) in [4.78, 5) is 2.04. The van der Waals surface area contributed by atoms with Gasteiger partial charge in [0.2, 0.25) is 0 Å². The van der Waals surface area contributed by atoms with Gasteiger partial charge in [0, 0.05) is 18.7 Å². The van der Waals surface area contributed by atoms with E-state index in [-0.39, 0.29) is 17.3 Å². The molecule has 0 unspecified atom stereocenters. The predicted octanol–water partition coefficient (Wildman–Crippen LogP) is 0.904. The Morgan fingerprint density at radius 1 is 1.32 bits per heavy atom. The van der Waals surface area contributed by atoms with Gasteiger partial charge in [0.05, 0.1) is 17.2 Å². The van der Waals surface area contributed by atoms with Gasteiger partial charge in [-0.05, 0) is 25.0 Å². The van der Waals surface area contributed by atoms with Gasteiger partial charge in [-0.25, -0.2) is 8.42 Å². The first kappa shape index (κ1) is 13.9. The summed E-state index contributed by atoms with van der Waals surface area (Å²) in [5, 5.41) is 7.66. The van der Waals surface area contributed by atoms with E-state index in [1.54, 1.807) is 0 Å². The summed E-state index contributed by atoms with van der Waals surface area (Å²) in [5.74, 6) is 0.425. The number of aryl methyl sites for hydroxylation is 1. The lowest BCUT2D eigenvalue weighted by atomic mass is 10.1. The average Bonchev–Trinajstić information content (AvgIpc) is 2.50. The Morgan fingerprint density at radius 2 is 2.05 bits per heavy atom. The molecule has 19 heavy (non-hydrogen) atoms. The maximum atomic E-state index is 11.7. The number of anilines is 1. The summed E-state index contributed by atoms with van der Waals surface area (Å²) in [6, 6.07) is 5.63. The van der Waals surface area contributed by atoms with Gasteiger partial charge in [-0.2, -0.15) is 0 Å². The number of nitrogens with one attached hydrogen (secondary N) is 1. The molecule has 0 aromatic heterocycles. The number of para-hydroxylation sites is 1. The zero-order chi connectivity index (χ0) is 14.0. The fourth-order valence-electron chi connectivity index (χ4n) is 2.46. The summed E-state index contributed by atoms with van der Waals surface area (Å²) in [5.41, 5.74) is 8.22. The molecule has 0 aliphatic carbocycles. The summed E-state index contributed by atoms with van der Waals surface area (Å²) >= 11 is 0. The molecule has 1 fully saturated rings. The second-order valence-electron chi connectivity index (χ2n) is 4.88. The predicted molar refractivity (Wildman–Crippen MR) is 77.7 cm³/mol. The summed E-state index contributed by atoms with van der Waals surface area (Å²) in [7, 11) is -2.93. The number of sulfone groups is 1. The molecule has 6 heteroatoms. The Bertz CT molecular complexity index is 596. The van der Waals surface area contributed by atoms with Gasteiger partial charge in [0.1, 0.15) is 5.84 Å². The highest BCUT2D eigenvalue weighted by Crippen LogP contribution is 2.26. The van der Waals surface area contributed by atoms with Crippen LogP contribution in [0.25, 0.3) is 0 Å². The molecule has 104 valence electrons. The topological polar surface area (TPSA) is 87.2 Å². The van der Waals surface area contributed by atoms with Crippen LogP contribution in [-0.2, 0) is 9.84 Å². The molecule has 0 atom stereocenters. The lowest BCUT2D eigenvalue weighted by molar-refractivity contribution is 0.597. The van der Waals surface area contributed by atoms with Crippen LogP contribution in [0.15, 0.2) is 18.2 Å². The van der Waals surface area contributed by atoms with Gasteiger partial charge in [0.25, 0.3) is 0 Å². The van der Waals surface area contributed by atoms with Gasteiger partial charge in [-0.15, -0.1) is 0 Å². The van der Waals surface area contributed by atoms with Gasteiger partial charge in [-0.1, -0.05) is 12.1 Å². The van der Waals surface area contributed by atoms with Crippen LogP contribution in [0.5, 0.6) is 0 Å². The maximum absolute atomic E-state index is 11.7. The smallest absolute Gasteiger partial charge is 0.152 e. The van der Waals surface area contributed by atoms with Crippen molar-refractivity contribution in [1.29, 1.82) is 5.41 Å². The minimum absolute atomic E-state index is 0.0193. The number of nitrogens with zero attached hydrogens (tertiary/aromatic N) is 1. The SMILES string of the molecule is Cc1cccc(C(=N)N)c1N1CCCS(=O)(=O)CC1. The first-order valence-corrected chi connectivity index (χ1v) is 8.12. The summed E-state index contributed by atoms with van der Waals surface area (Å²) in [6.45, 7) is 3.11. The highest BCUT2D eigenvalue weighted by atomic mass is 32.2. The van der Waals surface area contributed by atoms with Crippen LogP contribution in [0.3, 0.4) is 0 Å². The quantitative estimate of drug-likeness (QED) is 0.623. The first-order valence-electron chi connectivity index (χ1n) is 6.30. The van der Waals surface area contributed by atoms with E-state index in [1.807, 2.05) is 30.0 Å². The number of hydrogen-bond acceptors (Lipinski definition) is 4. The normalized spacial score (nSPS) is 18.9. The summed E-state index contributed by atoms with van der Waals surface area (Å²) < 4.78 is 23.3. The van der Waals surface area contributed by atoms with Crippen molar-refractivity contribution in [3.63, 3.8) is 0 Å². The Labute approximate surface area is 113 Å². The maximum Gasteiger partial charge on any atom is 0.152 e. The number of benzene rings is 1. The van der Waals surface area contributed by atoms with E-state index in [1.165, 1.54) is 0 Å². The van der Waals surface area contributed by atoms with Crippen molar-refractivity contribution in [1.82, 2.24) is 0 Å². The third-order valence-corrected chi connectivity index (χ3v) is 5.12. The molecular weight excluding hydrogens is 262 g/mol. The van der Waals surface area contributed by atoms with Crippen molar-refractivity contribution in [2.75, 3.05) is 29.5 Å². The number of rotatable bonds is 2. The van der Waals surface area contributed by atoms with Crippen LogP contribution in [0.1, 0.15) is 17.5 Å². The molecule has 1 heterocycles. The van der Waals surface area contributed by atoms with Gasteiger partial charge >= 0.3 is 0 Å². The molecule has 1 aliphatic rings. The monoisotopic (exact) mass is 281 g/mol. The Kier molecular flexibility index (Phi) is 3.80. The van der Waals surface area contributed by atoms with E-state index in [0.29, 0.717) is 25.1 Å². The van der Waals surface area contributed by atoms with E-state index < -0.39 is 9.84 Å². The molecule has 1 aliphatic heterocycles. The lowest BCUT2D eigenvalue weighted by Crippen LogP contribution is -2.30. The fraction of sp³-hybridized carbons (Fsp3) is 0.462. The van der Waals surface area contributed by atoms with E-state index in [9.17, 15) is 8.42 Å². The fourth-order valence-corrected chi connectivity index (χ4v) is 3.73. The third kappa shape index (κ3) is 3.07. The zero-order valence-corrected chi connectivity index (χ0v) is 11.8. The molecule has 1 saturated heterocycles. The van der Waals surface area contributed by atoms with E-state index >= 15 is 0 Å². The second kappa shape index (κ2) is 5.21. The second-order valence-corrected chi connectivity index (χ2v) is 7.18. The van der Waals surface area contributed by atoms with Crippen LogP contribution in [0, 0.1) is 12.3 Å². The molecule has 1 aromatic carbocycles. The van der Waals surface area contributed by atoms with Crippen molar-refractivity contribution in [3.8, 4) is 0 Å². The van der Waals surface area contributed by atoms with Crippen LogP contribution >= 0.6 is 0 Å². The van der Waals surface area contributed by atoms with Crippen molar-refractivity contribution in [2.24, 2.45) is 5.73 Å². The zero-order valence-electron chi connectivity index (χ0n) is 11.0. The number of hydrogen-bond donors (Lipinski definition) is 2. The van der Waals surface area contributed by atoms with Crippen molar-refractivity contribution in [2.45, 2.75) is 13.3 Å². The highest BCUT2D eigenvalue weighted by Gasteiger charge is 2.22. The van der Waals surface area contributed by atoms with Crippen molar-refractivity contribution in [3.05, 3.63) is 29.3 Å². The largest absolute Gasteiger partial charge is 0.384 e. The molecule has 1 aromatic rings. The molecule has 0 radical (unpaired) electrons. The van der Waals surface area contributed by atoms with Crippen LogP contribution < -0.4 is 10.6 Å². The third-order valence-electron chi connectivity index (χ3n) is 3.40. The minimum atomic E-state index is -2.93. The van der Waals surface area contributed by atoms with E-state index in [0.717, 1.165) is 11.3 Å². The van der Waals surface area contributed by atoms with Gasteiger partial charge < -0.3 is 10.6 Å². The lowest BCUT2D eigenvalue weighted by Gasteiger charge is -2.26. The van der Waals surface area contributed by atoms with Crippen molar-refractivity contribution >= 4 is 21.4 Å². The summed E-state index contributed by atoms with van der Waals surface area (Å²) in [6.07, 6.45) is 0.619. The minimum Gasteiger partial charge on any atom is -0.384 e. The Morgan fingerprint density at radius 3 is 2.74 bits per heavy atom. The van der Waals surface area contributed by atoms with Crippen LogP contribution in [0.2, 0.25) is 0 Å². The van der Waals surface area contributed by atoms with Crippen LogP contribution in [-0.4, -0.2) is 38.8 Å². The number of amidine groups is 1. The Balaban J connectivity index is 2.39. The first-order chi connectivity index (χ1) is 8.91. The molecule has 2 rings (SSSR count). The highest BCUT2D eigenvalue weighted by molar-refractivity contribution is 7.91. The molecule has 0 spiro atoms. The number of nitrogens with two attached hydrogens (primary N) is 1. The van der Waals surface area contributed by atoms with Crippen LogP contribution in [0.4, 0.5) is 5.69 Å². The van der Waals surface area contributed by atoms with E-state index in [4.69, 9.17) is 11.1 Å². The molecule has 0 bridgehead atoms. The average molecular weight is 281 g/mol. The number of nitrogen functional groups attached to an aromatic ring is 1. The van der Waals surface area contributed by atoms with Gasteiger partial charge in [-0.3, -0.25) is 5.41 Å². The molecule has 5 nitrogen and oxygen atoms in total. The molecule has 0 amide bonds. The van der Waals surface area contributed by atoms with Gasteiger partial charge in [0.15, 0.2) is 9.84 Å². The Hall–Kier alpha value is -1.56. The van der Waals surface area contributed by atoms with E-state index in [2.05, 4.69) is 0 Å². The molecular formula is C13H19N3O2S.